The van der Waals surface area contributed by atoms with Gasteiger partial charge in [0.15, 0.2) is 0 Å². The molecule has 0 saturated carbocycles. The van der Waals surface area contributed by atoms with Gasteiger partial charge in [-0.15, -0.1) is 0 Å². The number of hydrogen-bond donors (Lipinski definition) is 1. The van der Waals surface area contributed by atoms with E-state index in [1.165, 1.54) is 16.3 Å². The van der Waals surface area contributed by atoms with E-state index in [2.05, 4.69) is 30.1 Å². The van der Waals surface area contributed by atoms with Crippen molar-refractivity contribution in [2.24, 2.45) is 5.73 Å². The summed E-state index contributed by atoms with van der Waals surface area (Å²) in [5.41, 5.74) is 7.99. The number of aryl methyl sites for hydroxylation is 1. The van der Waals surface area contributed by atoms with Crippen molar-refractivity contribution in [2.75, 3.05) is 0 Å². The van der Waals surface area contributed by atoms with Gasteiger partial charge in [0.25, 0.3) is 0 Å². The van der Waals surface area contributed by atoms with Crippen LogP contribution in [0.15, 0.2) is 30.5 Å². The molecule has 0 radical (unpaired) electrons. The summed E-state index contributed by atoms with van der Waals surface area (Å²) in [6.45, 7) is 2.69. The van der Waals surface area contributed by atoms with Crippen LogP contribution in [0.5, 0.6) is 0 Å². The monoisotopic (exact) mass is 200 g/mol. The van der Waals surface area contributed by atoms with E-state index >= 15 is 0 Å². The summed E-state index contributed by atoms with van der Waals surface area (Å²) in [5.74, 6) is 0. The number of nitrogens with zero attached hydrogens (tertiary/aromatic N) is 1. The summed E-state index contributed by atoms with van der Waals surface area (Å²) in [5, 5.41) is 2.50. The van der Waals surface area contributed by atoms with Gasteiger partial charge in [-0.05, 0) is 17.4 Å². The highest BCUT2D eigenvalue weighted by Gasteiger charge is 2.04. The summed E-state index contributed by atoms with van der Waals surface area (Å²) in [7, 11) is 0. The second-order valence-electron chi connectivity index (χ2n) is 3.73. The molecule has 1 aromatic heterocycles. The van der Waals surface area contributed by atoms with Gasteiger partial charge in [-0.1, -0.05) is 37.6 Å². The molecule has 0 atom stereocenters. The average Bonchev–Trinajstić information content (AvgIpc) is 2.30. The number of hydrogen-bond acceptors (Lipinski definition) is 2. The summed E-state index contributed by atoms with van der Waals surface area (Å²) >= 11 is 0. The Morgan fingerprint density at radius 2 is 1.93 bits per heavy atom. The lowest BCUT2D eigenvalue weighted by atomic mass is 10.0. The number of nitrogens with two attached hydrogens (primary N) is 1. The summed E-state index contributed by atoms with van der Waals surface area (Å²) in [4.78, 5) is 4.42. The molecule has 0 saturated heterocycles. The molecule has 78 valence electrons. The van der Waals surface area contributed by atoms with Crippen molar-refractivity contribution in [2.45, 2.75) is 26.3 Å². The topological polar surface area (TPSA) is 38.9 Å². The third-order valence-corrected chi connectivity index (χ3v) is 2.67. The highest BCUT2D eigenvalue weighted by molar-refractivity contribution is 5.87. The zero-order chi connectivity index (χ0) is 10.7. The molecule has 2 N–H and O–H groups in total. The van der Waals surface area contributed by atoms with Gasteiger partial charge in [0.2, 0.25) is 0 Å². The molecule has 0 aliphatic rings. The van der Waals surface area contributed by atoms with Crippen LogP contribution in [0.25, 0.3) is 10.8 Å². The number of fused-ring (bicyclic) bond motifs is 1. The smallest absolute Gasteiger partial charge is 0.0617 e. The van der Waals surface area contributed by atoms with Crippen LogP contribution in [0, 0.1) is 0 Å². The van der Waals surface area contributed by atoms with Crippen LogP contribution in [0.3, 0.4) is 0 Å². The van der Waals surface area contributed by atoms with E-state index in [4.69, 9.17) is 5.73 Å². The molecule has 0 bridgehead atoms. The van der Waals surface area contributed by atoms with E-state index in [0.29, 0.717) is 6.54 Å². The van der Waals surface area contributed by atoms with Gasteiger partial charge >= 0.3 is 0 Å². The van der Waals surface area contributed by atoms with E-state index in [0.717, 1.165) is 18.5 Å². The number of aromatic nitrogens is 1. The summed E-state index contributed by atoms with van der Waals surface area (Å²) < 4.78 is 0. The maximum atomic E-state index is 5.68. The second kappa shape index (κ2) is 4.41. The van der Waals surface area contributed by atoms with Crippen LogP contribution in [0.2, 0.25) is 0 Å². The van der Waals surface area contributed by atoms with Gasteiger partial charge in [-0.25, -0.2) is 0 Å². The van der Waals surface area contributed by atoms with Crippen molar-refractivity contribution >= 4 is 10.8 Å². The fourth-order valence-electron chi connectivity index (χ4n) is 1.94. The minimum absolute atomic E-state index is 0.507. The Morgan fingerprint density at radius 3 is 2.60 bits per heavy atom. The molecule has 0 aliphatic heterocycles. The molecule has 1 aromatic carbocycles. The SMILES string of the molecule is CCCc1cnc(CN)c2ccccc12. The van der Waals surface area contributed by atoms with Crippen molar-refractivity contribution in [3.63, 3.8) is 0 Å². The van der Waals surface area contributed by atoms with Crippen LogP contribution < -0.4 is 5.73 Å². The number of benzene rings is 1. The van der Waals surface area contributed by atoms with Crippen molar-refractivity contribution < 1.29 is 0 Å². The molecule has 2 aromatic rings. The Hall–Kier alpha value is -1.41. The van der Waals surface area contributed by atoms with Gasteiger partial charge in [0, 0.05) is 18.1 Å². The van der Waals surface area contributed by atoms with E-state index in [1.807, 2.05) is 12.3 Å². The molecule has 0 unspecified atom stereocenters. The lowest BCUT2D eigenvalue weighted by Gasteiger charge is -2.08. The molecule has 2 nitrogen and oxygen atoms in total. The zero-order valence-electron chi connectivity index (χ0n) is 9.03. The number of pyridine rings is 1. The molecule has 0 amide bonds. The summed E-state index contributed by atoms with van der Waals surface area (Å²) in [6.07, 6.45) is 4.19. The Morgan fingerprint density at radius 1 is 1.20 bits per heavy atom. The van der Waals surface area contributed by atoms with Gasteiger partial charge < -0.3 is 5.73 Å². The maximum Gasteiger partial charge on any atom is 0.0617 e. The predicted molar refractivity (Wildman–Crippen MR) is 63.6 cm³/mol. The average molecular weight is 200 g/mol. The molecular weight excluding hydrogens is 184 g/mol. The Bertz CT molecular complexity index is 463. The van der Waals surface area contributed by atoms with Crippen molar-refractivity contribution in [1.29, 1.82) is 0 Å². The fraction of sp³-hybridized carbons (Fsp3) is 0.308. The first kappa shape index (κ1) is 10.1. The van der Waals surface area contributed by atoms with E-state index in [9.17, 15) is 0 Å². The number of rotatable bonds is 3. The normalized spacial score (nSPS) is 10.8. The van der Waals surface area contributed by atoms with Gasteiger partial charge in [-0.2, -0.15) is 0 Å². The summed E-state index contributed by atoms with van der Waals surface area (Å²) in [6, 6.07) is 8.37. The van der Waals surface area contributed by atoms with Crippen LogP contribution in [-0.2, 0) is 13.0 Å². The molecule has 2 heteroatoms. The maximum absolute atomic E-state index is 5.68. The Balaban J connectivity index is 2.66. The van der Waals surface area contributed by atoms with Crippen LogP contribution in [0.1, 0.15) is 24.6 Å². The minimum Gasteiger partial charge on any atom is -0.325 e. The lowest BCUT2D eigenvalue weighted by Crippen LogP contribution is -2.02. The van der Waals surface area contributed by atoms with Crippen molar-refractivity contribution in [3.05, 3.63) is 41.7 Å². The molecule has 15 heavy (non-hydrogen) atoms. The molecule has 0 spiro atoms. The van der Waals surface area contributed by atoms with Crippen LogP contribution in [-0.4, -0.2) is 4.98 Å². The fourth-order valence-corrected chi connectivity index (χ4v) is 1.94. The van der Waals surface area contributed by atoms with E-state index in [1.54, 1.807) is 0 Å². The molecular formula is C13H16N2. The minimum atomic E-state index is 0.507. The third kappa shape index (κ3) is 1.85. The molecule has 2 rings (SSSR count). The van der Waals surface area contributed by atoms with Crippen molar-refractivity contribution in [3.8, 4) is 0 Å². The quantitative estimate of drug-likeness (QED) is 0.827. The lowest BCUT2D eigenvalue weighted by molar-refractivity contribution is 0.913. The standard InChI is InChI=1S/C13H16N2/c1-2-5-10-9-15-13(8-14)12-7-4-3-6-11(10)12/h3-4,6-7,9H,2,5,8,14H2,1H3. The first-order chi connectivity index (χ1) is 7.36. The highest BCUT2D eigenvalue weighted by atomic mass is 14.7. The second-order valence-corrected chi connectivity index (χ2v) is 3.73. The van der Waals surface area contributed by atoms with Crippen LogP contribution >= 0.6 is 0 Å². The van der Waals surface area contributed by atoms with Gasteiger partial charge in [0.1, 0.15) is 0 Å². The molecule has 1 heterocycles. The Labute approximate surface area is 90.1 Å². The third-order valence-electron chi connectivity index (χ3n) is 2.67. The zero-order valence-corrected chi connectivity index (χ0v) is 9.03. The molecule has 0 aliphatic carbocycles. The van der Waals surface area contributed by atoms with E-state index in [-0.39, 0.29) is 0 Å². The van der Waals surface area contributed by atoms with Crippen molar-refractivity contribution in [1.82, 2.24) is 4.98 Å². The molecule has 0 fully saturated rings. The van der Waals surface area contributed by atoms with Gasteiger partial charge in [-0.3, -0.25) is 4.98 Å². The highest BCUT2D eigenvalue weighted by Crippen LogP contribution is 2.21. The first-order valence-electron chi connectivity index (χ1n) is 5.42. The first-order valence-corrected chi connectivity index (χ1v) is 5.42. The van der Waals surface area contributed by atoms with Crippen LogP contribution in [0.4, 0.5) is 0 Å². The predicted octanol–water partition coefficient (Wildman–Crippen LogP) is 2.65. The van der Waals surface area contributed by atoms with E-state index < -0.39 is 0 Å². The van der Waals surface area contributed by atoms with Gasteiger partial charge in [0.05, 0.1) is 5.69 Å². The largest absolute Gasteiger partial charge is 0.325 e. The Kier molecular flexibility index (Phi) is 2.97.